The first-order valence-electron chi connectivity index (χ1n) is 18.8. The van der Waals surface area contributed by atoms with Crippen LogP contribution in [0.15, 0.2) is 97.6 Å². The Bertz CT molecular complexity index is 3010. The van der Waals surface area contributed by atoms with Crippen LogP contribution in [0, 0.1) is 0 Å². The average Bonchev–Trinajstić information content (AvgIpc) is 3.85. The maximum Gasteiger partial charge on any atom is 0.336 e. The fourth-order valence-electron chi connectivity index (χ4n) is 6.66. The quantitative estimate of drug-likeness (QED) is 0.0875. The SMILES string of the molecule is COCC(=O)c1cc(OC)cc(OC)c1-c1nc2ncccn2c1Nc1c(Cl)cccc1Cl.COc1cc(OC)c(-c2nc3ncccn3c2Nc2c(Cl)cccc2Cl)c(C(=O)O)c1. The molecule has 64 heavy (non-hydrogen) atoms. The number of carbonyl (C=O) groups is 2. The van der Waals surface area contributed by atoms with Crippen LogP contribution in [0.2, 0.25) is 20.1 Å². The van der Waals surface area contributed by atoms with Gasteiger partial charge < -0.3 is 39.4 Å². The monoisotopic (exact) mass is 944 g/mol. The number of halogens is 4. The number of carbonyl (C=O) groups excluding carboxylic acids is 1. The highest BCUT2D eigenvalue weighted by Crippen LogP contribution is 2.45. The van der Waals surface area contributed by atoms with Crippen molar-refractivity contribution in [3.05, 3.63) is 129 Å². The molecular weight excluding hydrogens is 910 g/mol. The number of benzene rings is 4. The van der Waals surface area contributed by atoms with Gasteiger partial charge in [0.2, 0.25) is 11.6 Å². The molecule has 0 radical (unpaired) electrons. The summed E-state index contributed by atoms with van der Waals surface area (Å²) >= 11 is 25.5. The first-order chi connectivity index (χ1) is 30.9. The molecule has 0 unspecified atom stereocenters. The maximum atomic E-state index is 13.0. The van der Waals surface area contributed by atoms with Gasteiger partial charge >= 0.3 is 5.97 Å². The second kappa shape index (κ2) is 19.7. The molecule has 0 bridgehead atoms. The molecule has 0 fully saturated rings. The highest BCUT2D eigenvalue weighted by atomic mass is 35.5. The summed E-state index contributed by atoms with van der Waals surface area (Å²) in [6.45, 7) is -0.131. The zero-order valence-electron chi connectivity index (χ0n) is 34.4. The van der Waals surface area contributed by atoms with Gasteiger partial charge in [-0.1, -0.05) is 58.5 Å². The third-order valence-electron chi connectivity index (χ3n) is 9.56. The highest BCUT2D eigenvalue weighted by molar-refractivity contribution is 6.40. The van der Waals surface area contributed by atoms with Gasteiger partial charge in [0.05, 0.1) is 76.6 Å². The van der Waals surface area contributed by atoms with Crippen LogP contribution in [0.1, 0.15) is 20.7 Å². The summed E-state index contributed by atoms with van der Waals surface area (Å²) in [4.78, 5) is 43.0. The number of nitrogens with zero attached hydrogens (tertiary/aromatic N) is 6. The van der Waals surface area contributed by atoms with Crippen LogP contribution < -0.4 is 29.6 Å². The van der Waals surface area contributed by atoms with E-state index in [0.717, 1.165) is 0 Å². The molecule has 4 aromatic heterocycles. The van der Waals surface area contributed by atoms with Crippen molar-refractivity contribution in [2.24, 2.45) is 0 Å². The summed E-state index contributed by atoms with van der Waals surface area (Å²) in [5.41, 5.74) is 2.64. The number of hydrogen-bond donors (Lipinski definition) is 3. The molecule has 0 aliphatic rings. The van der Waals surface area contributed by atoms with E-state index in [1.165, 1.54) is 41.6 Å². The van der Waals surface area contributed by atoms with Gasteiger partial charge in [-0.2, -0.15) is 0 Å². The van der Waals surface area contributed by atoms with Crippen LogP contribution in [-0.2, 0) is 4.74 Å². The molecule has 16 nitrogen and oxygen atoms in total. The standard InChI is InChI=1S/C23H20Cl2N4O4.C21H16Cl2N4O4/c1-31-12-17(30)14-10-13(32-2)11-18(33-3)19(14)21-22(29-9-5-8-26-23(29)28-21)27-20-15(24)6-4-7-16(20)25;1-30-11-9-12(20(28)29)16(15(10-11)31-2)18-19(27-8-4-7-24-21(27)26-18)25-17-13(22)5-3-6-14(17)23/h4-11,27H,12H2,1-3H3;3-10,25H,1-2H3,(H,28,29). The number of anilines is 4. The topological polar surface area (TPSA) is 185 Å². The minimum absolute atomic E-state index is 0.0482. The Kier molecular flexibility index (Phi) is 13.9. The summed E-state index contributed by atoms with van der Waals surface area (Å²) < 4.78 is 30.2. The van der Waals surface area contributed by atoms with Crippen LogP contribution in [0.4, 0.5) is 23.0 Å². The number of aromatic carboxylic acids is 1. The Morgan fingerprint density at radius 3 is 1.42 bits per heavy atom. The molecule has 0 amide bonds. The van der Waals surface area contributed by atoms with E-state index < -0.39 is 5.97 Å². The number of fused-ring (bicyclic) bond motifs is 2. The van der Waals surface area contributed by atoms with Gasteiger partial charge in [0.25, 0.3) is 0 Å². The van der Waals surface area contributed by atoms with E-state index in [9.17, 15) is 14.7 Å². The summed E-state index contributed by atoms with van der Waals surface area (Å²) in [6.07, 6.45) is 6.74. The van der Waals surface area contributed by atoms with Crippen molar-refractivity contribution in [3.8, 4) is 45.5 Å². The normalized spacial score (nSPS) is 10.9. The van der Waals surface area contributed by atoms with Gasteiger partial charge in [-0.3, -0.25) is 13.6 Å². The van der Waals surface area contributed by atoms with Gasteiger partial charge in [0.1, 0.15) is 52.6 Å². The number of ketones is 1. The van der Waals surface area contributed by atoms with Gasteiger partial charge in [-0.05, 0) is 48.5 Å². The molecule has 0 aliphatic heterocycles. The first-order valence-corrected chi connectivity index (χ1v) is 20.3. The zero-order valence-corrected chi connectivity index (χ0v) is 37.5. The number of carboxylic acids is 1. The summed E-state index contributed by atoms with van der Waals surface area (Å²) in [6, 6.07) is 20.1. The van der Waals surface area contributed by atoms with Gasteiger partial charge in [0, 0.05) is 49.6 Å². The lowest BCUT2D eigenvalue weighted by molar-refractivity contribution is 0.0696. The number of rotatable bonds is 14. The number of methoxy groups -OCH3 is 5. The lowest BCUT2D eigenvalue weighted by atomic mass is 9.99. The van der Waals surface area contributed by atoms with Crippen molar-refractivity contribution < 1.29 is 38.4 Å². The Morgan fingerprint density at radius 1 is 0.609 bits per heavy atom. The fourth-order valence-corrected chi connectivity index (χ4v) is 7.64. The molecule has 20 heteroatoms. The molecule has 3 N–H and O–H groups in total. The largest absolute Gasteiger partial charge is 0.497 e. The third-order valence-corrected chi connectivity index (χ3v) is 10.8. The van der Waals surface area contributed by atoms with Crippen LogP contribution in [-0.4, -0.2) is 87.8 Å². The average molecular weight is 947 g/mol. The van der Waals surface area contributed by atoms with E-state index in [2.05, 4.69) is 25.6 Å². The lowest BCUT2D eigenvalue weighted by Crippen LogP contribution is -2.10. The van der Waals surface area contributed by atoms with Gasteiger partial charge in [0.15, 0.2) is 5.78 Å². The van der Waals surface area contributed by atoms with Crippen LogP contribution >= 0.6 is 46.4 Å². The van der Waals surface area contributed by atoms with Crippen LogP contribution in [0.3, 0.4) is 0 Å². The predicted molar refractivity (Wildman–Crippen MR) is 246 cm³/mol. The zero-order chi connectivity index (χ0) is 45.7. The summed E-state index contributed by atoms with van der Waals surface area (Å²) in [7, 11) is 7.36. The van der Waals surface area contributed by atoms with E-state index >= 15 is 0 Å². The smallest absolute Gasteiger partial charge is 0.336 e. The second-order valence-electron chi connectivity index (χ2n) is 13.3. The number of Topliss-reactive ketones (excluding diaryl/α,β-unsaturated/α-hetero) is 1. The summed E-state index contributed by atoms with van der Waals surface area (Å²) in [5, 5.41) is 18.0. The Hall–Kier alpha value is -6.82. The fraction of sp³-hybridized carbons (Fsp3) is 0.136. The molecule has 0 atom stereocenters. The van der Waals surface area contributed by atoms with E-state index in [4.69, 9.17) is 75.1 Å². The number of aromatic nitrogens is 6. The van der Waals surface area contributed by atoms with Crippen LogP contribution in [0.5, 0.6) is 23.0 Å². The number of hydrogen-bond acceptors (Lipinski definition) is 13. The van der Waals surface area contributed by atoms with Crippen molar-refractivity contribution in [3.63, 3.8) is 0 Å². The van der Waals surface area contributed by atoms with Crippen molar-refractivity contribution >= 4 is 92.7 Å². The Morgan fingerprint density at radius 2 is 1.03 bits per heavy atom. The Labute approximate surface area is 385 Å². The van der Waals surface area contributed by atoms with Gasteiger partial charge in [-0.25, -0.2) is 24.7 Å². The molecule has 0 spiro atoms. The van der Waals surface area contributed by atoms with Crippen molar-refractivity contribution in [1.82, 2.24) is 28.7 Å². The molecular formula is C44H36Cl4N8O8. The number of nitrogens with one attached hydrogen (secondary N) is 2. The maximum absolute atomic E-state index is 13.0. The number of carboxylic acid groups (broad SMARTS) is 1. The van der Waals surface area contributed by atoms with Crippen molar-refractivity contribution in [2.75, 3.05) is 52.8 Å². The molecule has 4 heterocycles. The van der Waals surface area contributed by atoms with E-state index in [1.54, 1.807) is 100 Å². The lowest BCUT2D eigenvalue weighted by Gasteiger charge is -2.16. The molecule has 0 aliphatic carbocycles. The molecule has 0 saturated heterocycles. The molecule has 0 saturated carbocycles. The first kappa shape index (κ1) is 45.2. The third kappa shape index (κ3) is 9.00. The molecule has 8 rings (SSSR count). The van der Waals surface area contributed by atoms with Crippen molar-refractivity contribution in [2.45, 2.75) is 0 Å². The number of para-hydroxylation sites is 2. The van der Waals surface area contributed by atoms with Crippen molar-refractivity contribution in [1.29, 1.82) is 0 Å². The van der Waals surface area contributed by atoms with Gasteiger partial charge in [-0.15, -0.1) is 0 Å². The molecule has 4 aromatic carbocycles. The molecule has 328 valence electrons. The number of imidazole rings is 2. The van der Waals surface area contributed by atoms with E-state index in [-0.39, 0.29) is 29.3 Å². The Balaban J connectivity index is 0.000000192. The number of ether oxygens (including phenoxy) is 5. The second-order valence-corrected chi connectivity index (χ2v) is 14.9. The van der Waals surface area contributed by atoms with E-state index in [1.807, 2.05) is 0 Å². The molecule has 8 aromatic rings. The van der Waals surface area contributed by atoms with E-state index in [0.29, 0.717) is 94.4 Å². The van der Waals surface area contributed by atoms with Crippen LogP contribution in [0.25, 0.3) is 34.1 Å². The minimum atomic E-state index is -1.17. The minimum Gasteiger partial charge on any atom is -0.497 e. The highest BCUT2D eigenvalue weighted by Gasteiger charge is 2.28. The predicted octanol–water partition coefficient (Wildman–Crippen LogP) is 10.5. The summed E-state index contributed by atoms with van der Waals surface area (Å²) in [5.74, 6) is 1.70.